The fourth-order valence-electron chi connectivity index (χ4n) is 2.63. The van der Waals surface area contributed by atoms with Gasteiger partial charge in [-0.1, -0.05) is 13.8 Å². The lowest BCUT2D eigenvalue weighted by Gasteiger charge is -2.21. The van der Waals surface area contributed by atoms with Gasteiger partial charge in [0, 0.05) is 36.1 Å². The zero-order valence-corrected chi connectivity index (χ0v) is 15.4. The topological polar surface area (TPSA) is 99.6 Å². The summed E-state index contributed by atoms with van der Waals surface area (Å²) in [7, 11) is 0. The zero-order valence-electron chi connectivity index (χ0n) is 15.4. The number of benzene rings is 1. The van der Waals surface area contributed by atoms with Crippen LogP contribution in [0.15, 0.2) is 42.6 Å². The summed E-state index contributed by atoms with van der Waals surface area (Å²) in [5.41, 5.74) is 1.07. The number of anilines is 1. The number of aromatic nitrogens is 1. The molecule has 0 atom stereocenters. The molecular weight excluding hydrogens is 346 g/mol. The van der Waals surface area contributed by atoms with Crippen LogP contribution in [0.1, 0.15) is 57.9 Å². The summed E-state index contributed by atoms with van der Waals surface area (Å²) in [6, 6.07) is 9.30. The monoisotopic (exact) mass is 369 g/mol. The van der Waals surface area contributed by atoms with Gasteiger partial charge in [-0.05, 0) is 49.2 Å². The van der Waals surface area contributed by atoms with Crippen LogP contribution >= 0.6 is 0 Å². The molecule has 2 N–H and O–H groups in total. The molecule has 0 unspecified atom stereocenters. The zero-order chi connectivity index (χ0) is 19.8. The van der Waals surface area contributed by atoms with E-state index < -0.39 is 11.9 Å². The van der Waals surface area contributed by atoms with E-state index in [9.17, 15) is 14.4 Å². The number of carboxylic acid groups (broad SMARTS) is 1. The molecule has 7 heteroatoms. The molecule has 2 rings (SSSR count). The van der Waals surface area contributed by atoms with Gasteiger partial charge in [0.05, 0.1) is 0 Å². The van der Waals surface area contributed by atoms with Gasteiger partial charge in [0.2, 0.25) is 0 Å². The summed E-state index contributed by atoms with van der Waals surface area (Å²) in [4.78, 5) is 41.3. The Morgan fingerprint density at radius 3 is 2.19 bits per heavy atom. The summed E-state index contributed by atoms with van der Waals surface area (Å²) in [5.74, 6) is -1.68. The fraction of sp³-hybridized carbons (Fsp3) is 0.300. The molecule has 1 aromatic carbocycles. The van der Waals surface area contributed by atoms with E-state index in [4.69, 9.17) is 5.11 Å². The first-order valence-corrected chi connectivity index (χ1v) is 8.86. The van der Waals surface area contributed by atoms with E-state index in [0.29, 0.717) is 24.3 Å². The molecule has 7 nitrogen and oxygen atoms in total. The second-order valence-corrected chi connectivity index (χ2v) is 6.06. The first kappa shape index (κ1) is 20.1. The van der Waals surface area contributed by atoms with Gasteiger partial charge in [0.25, 0.3) is 11.8 Å². The van der Waals surface area contributed by atoms with Crippen molar-refractivity contribution in [2.45, 2.75) is 26.7 Å². The second-order valence-electron chi connectivity index (χ2n) is 6.06. The van der Waals surface area contributed by atoms with Gasteiger partial charge in [0.15, 0.2) is 0 Å². The average molecular weight is 369 g/mol. The molecule has 0 saturated heterocycles. The van der Waals surface area contributed by atoms with Crippen molar-refractivity contribution in [1.82, 2.24) is 9.88 Å². The molecular formula is C20H23N3O4. The number of carbonyl (C=O) groups is 3. The Labute approximate surface area is 158 Å². The van der Waals surface area contributed by atoms with Crippen LogP contribution in [-0.4, -0.2) is 45.9 Å². The van der Waals surface area contributed by atoms with Crippen LogP contribution in [0.5, 0.6) is 0 Å². The molecule has 0 radical (unpaired) electrons. The van der Waals surface area contributed by atoms with Crippen molar-refractivity contribution in [2.24, 2.45) is 0 Å². The van der Waals surface area contributed by atoms with Crippen LogP contribution in [0.4, 0.5) is 5.69 Å². The number of hydrogen-bond acceptors (Lipinski definition) is 4. The lowest BCUT2D eigenvalue weighted by Crippen LogP contribution is -2.32. The molecule has 1 aromatic heterocycles. The highest BCUT2D eigenvalue weighted by atomic mass is 16.4. The van der Waals surface area contributed by atoms with Gasteiger partial charge in [-0.2, -0.15) is 0 Å². The highest BCUT2D eigenvalue weighted by Gasteiger charge is 2.15. The Balaban J connectivity index is 2.08. The Morgan fingerprint density at radius 2 is 1.63 bits per heavy atom. The lowest BCUT2D eigenvalue weighted by molar-refractivity contribution is 0.0689. The van der Waals surface area contributed by atoms with Crippen LogP contribution in [0.2, 0.25) is 0 Å². The number of carbonyl (C=O) groups excluding carboxylic acids is 2. The standard InChI is InChI=1S/C20H23N3O4/c1-3-11-23(12-4-2)19(25)14-5-7-16(8-6-14)22-18(24)15-9-10-21-17(13-15)20(26)27/h5-10,13H,3-4,11-12H2,1-2H3,(H,22,24)(H,26,27). The summed E-state index contributed by atoms with van der Waals surface area (Å²) in [6.07, 6.45) is 3.06. The van der Waals surface area contributed by atoms with E-state index in [-0.39, 0.29) is 17.2 Å². The van der Waals surface area contributed by atoms with Gasteiger partial charge in [-0.15, -0.1) is 0 Å². The first-order valence-electron chi connectivity index (χ1n) is 8.86. The Bertz CT molecular complexity index is 812. The summed E-state index contributed by atoms with van der Waals surface area (Å²) in [5, 5.41) is 11.6. The fourth-order valence-corrected chi connectivity index (χ4v) is 2.63. The smallest absolute Gasteiger partial charge is 0.354 e. The lowest BCUT2D eigenvalue weighted by atomic mass is 10.1. The van der Waals surface area contributed by atoms with Crippen molar-refractivity contribution in [3.63, 3.8) is 0 Å². The first-order chi connectivity index (χ1) is 13.0. The number of aromatic carboxylic acids is 1. The van der Waals surface area contributed by atoms with Gasteiger partial charge >= 0.3 is 5.97 Å². The number of amides is 2. The van der Waals surface area contributed by atoms with Crippen LogP contribution in [-0.2, 0) is 0 Å². The largest absolute Gasteiger partial charge is 0.477 e. The maximum absolute atomic E-state index is 12.6. The molecule has 0 aliphatic carbocycles. The van der Waals surface area contributed by atoms with E-state index in [1.54, 1.807) is 24.3 Å². The van der Waals surface area contributed by atoms with Crippen molar-refractivity contribution in [3.8, 4) is 0 Å². The molecule has 0 aliphatic rings. The van der Waals surface area contributed by atoms with E-state index in [0.717, 1.165) is 12.8 Å². The molecule has 27 heavy (non-hydrogen) atoms. The van der Waals surface area contributed by atoms with Crippen molar-refractivity contribution < 1.29 is 19.5 Å². The van der Waals surface area contributed by atoms with Gasteiger partial charge in [0.1, 0.15) is 5.69 Å². The minimum atomic E-state index is -1.20. The van der Waals surface area contributed by atoms with Crippen LogP contribution < -0.4 is 5.32 Å². The third kappa shape index (κ3) is 5.37. The second kappa shape index (κ2) is 9.47. The van der Waals surface area contributed by atoms with Crippen LogP contribution in [0, 0.1) is 0 Å². The number of pyridine rings is 1. The summed E-state index contributed by atoms with van der Waals surface area (Å²) in [6.45, 7) is 5.48. The SMILES string of the molecule is CCCN(CCC)C(=O)c1ccc(NC(=O)c2ccnc(C(=O)O)c2)cc1. The van der Waals surface area contributed by atoms with Crippen LogP contribution in [0.3, 0.4) is 0 Å². The Hall–Kier alpha value is -3.22. The summed E-state index contributed by atoms with van der Waals surface area (Å²) >= 11 is 0. The van der Waals surface area contributed by atoms with Crippen molar-refractivity contribution in [2.75, 3.05) is 18.4 Å². The molecule has 1 heterocycles. The number of carboxylic acids is 1. The normalized spacial score (nSPS) is 10.3. The van der Waals surface area contributed by atoms with E-state index >= 15 is 0 Å². The molecule has 0 bridgehead atoms. The Morgan fingerprint density at radius 1 is 1.00 bits per heavy atom. The maximum atomic E-state index is 12.6. The van der Waals surface area contributed by atoms with Crippen molar-refractivity contribution in [1.29, 1.82) is 0 Å². The molecule has 2 aromatic rings. The minimum absolute atomic E-state index is 0.0307. The molecule has 0 spiro atoms. The van der Waals surface area contributed by atoms with Gasteiger partial charge in [-0.3, -0.25) is 9.59 Å². The number of hydrogen-bond donors (Lipinski definition) is 2. The Kier molecular flexibility index (Phi) is 7.05. The highest BCUT2D eigenvalue weighted by molar-refractivity contribution is 6.05. The third-order valence-corrected chi connectivity index (χ3v) is 3.91. The van der Waals surface area contributed by atoms with Crippen LogP contribution in [0.25, 0.3) is 0 Å². The molecule has 2 amide bonds. The molecule has 142 valence electrons. The van der Waals surface area contributed by atoms with Crippen molar-refractivity contribution in [3.05, 3.63) is 59.4 Å². The van der Waals surface area contributed by atoms with Gasteiger partial charge in [-0.25, -0.2) is 9.78 Å². The number of nitrogens with zero attached hydrogens (tertiary/aromatic N) is 2. The third-order valence-electron chi connectivity index (χ3n) is 3.91. The molecule has 0 saturated carbocycles. The van der Waals surface area contributed by atoms with E-state index in [2.05, 4.69) is 10.3 Å². The van der Waals surface area contributed by atoms with Gasteiger partial charge < -0.3 is 15.3 Å². The van der Waals surface area contributed by atoms with Crippen molar-refractivity contribution >= 4 is 23.5 Å². The predicted molar refractivity (Wildman–Crippen MR) is 102 cm³/mol. The van der Waals surface area contributed by atoms with E-state index in [1.165, 1.54) is 18.3 Å². The van der Waals surface area contributed by atoms with E-state index in [1.807, 2.05) is 18.7 Å². The maximum Gasteiger partial charge on any atom is 0.354 e. The highest BCUT2D eigenvalue weighted by Crippen LogP contribution is 2.14. The predicted octanol–water partition coefficient (Wildman–Crippen LogP) is 3.29. The average Bonchev–Trinajstić information content (AvgIpc) is 2.68. The minimum Gasteiger partial charge on any atom is -0.477 e. The summed E-state index contributed by atoms with van der Waals surface area (Å²) < 4.78 is 0. The molecule has 0 fully saturated rings. The molecule has 0 aliphatic heterocycles. The number of rotatable bonds is 8. The number of nitrogens with one attached hydrogen (secondary N) is 1. The quantitative estimate of drug-likeness (QED) is 0.744.